The Morgan fingerprint density at radius 3 is 2.70 bits per heavy atom. The molecule has 0 spiro atoms. The Kier molecular flexibility index (Phi) is 4.99. The van der Waals surface area contributed by atoms with Gasteiger partial charge in [-0.15, -0.1) is 0 Å². The zero-order valence-corrected chi connectivity index (χ0v) is 16.3. The van der Waals surface area contributed by atoms with Crippen LogP contribution in [0.1, 0.15) is 38.3 Å². The van der Waals surface area contributed by atoms with Crippen molar-refractivity contribution in [3.05, 3.63) is 47.5 Å². The van der Waals surface area contributed by atoms with Crippen LogP contribution in [0.4, 0.5) is 0 Å². The van der Waals surface area contributed by atoms with Crippen LogP contribution in [0, 0.1) is 6.92 Å². The van der Waals surface area contributed by atoms with Gasteiger partial charge in [-0.25, -0.2) is 0 Å². The molecule has 1 N–H and O–H groups in total. The van der Waals surface area contributed by atoms with Gasteiger partial charge in [-0.05, 0) is 49.1 Å². The van der Waals surface area contributed by atoms with Crippen molar-refractivity contribution >= 4 is 10.8 Å². The summed E-state index contributed by atoms with van der Waals surface area (Å²) in [6.45, 7) is 8.19. The summed E-state index contributed by atoms with van der Waals surface area (Å²) in [6.07, 6.45) is -1.74. The van der Waals surface area contributed by atoms with E-state index in [-0.39, 0.29) is 12.2 Å². The second-order valence-electron chi connectivity index (χ2n) is 7.90. The molecule has 0 aromatic heterocycles. The summed E-state index contributed by atoms with van der Waals surface area (Å²) in [4.78, 5) is 0. The van der Waals surface area contributed by atoms with Crippen molar-refractivity contribution in [1.29, 1.82) is 0 Å². The lowest BCUT2D eigenvalue weighted by Gasteiger charge is -2.28. The number of fused-ring (bicyclic) bond motifs is 2. The van der Waals surface area contributed by atoms with Crippen LogP contribution in [0.5, 0.6) is 0 Å². The van der Waals surface area contributed by atoms with E-state index in [1.165, 1.54) is 16.3 Å². The molecule has 2 aliphatic heterocycles. The highest BCUT2D eigenvalue weighted by atomic mass is 16.8. The lowest BCUT2D eigenvalue weighted by Crippen LogP contribution is -2.42. The molecule has 2 aliphatic rings. The van der Waals surface area contributed by atoms with E-state index in [0.29, 0.717) is 13.0 Å². The minimum absolute atomic E-state index is 0.346. The van der Waals surface area contributed by atoms with Crippen molar-refractivity contribution in [2.45, 2.75) is 77.2 Å². The SMILES string of the molecule is CC[C@@H](O)[C@H]1O[C@@H]2OC(C)(C)O[C@@H]2[C@H]1OCc1c(C)ccc2ccccc12. The lowest BCUT2D eigenvalue weighted by atomic mass is 10.00. The Bertz CT molecular complexity index is 817. The van der Waals surface area contributed by atoms with Crippen molar-refractivity contribution in [3.63, 3.8) is 0 Å². The normalized spacial score (nSPS) is 30.6. The number of aliphatic hydroxyl groups is 1. The van der Waals surface area contributed by atoms with E-state index in [1.54, 1.807) is 0 Å². The summed E-state index contributed by atoms with van der Waals surface area (Å²) >= 11 is 0. The Labute approximate surface area is 160 Å². The number of benzene rings is 2. The van der Waals surface area contributed by atoms with Crippen molar-refractivity contribution < 1.29 is 24.1 Å². The first-order valence-electron chi connectivity index (χ1n) is 9.67. The molecule has 5 atom stereocenters. The quantitative estimate of drug-likeness (QED) is 0.868. The molecular formula is C22H28O5. The predicted molar refractivity (Wildman–Crippen MR) is 102 cm³/mol. The van der Waals surface area contributed by atoms with Crippen molar-refractivity contribution in [2.75, 3.05) is 0 Å². The maximum Gasteiger partial charge on any atom is 0.190 e. The molecule has 0 saturated carbocycles. The Balaban J connectivity index is 1.59. The van der Waals surface area contributed by atoms with Gasteiger partial charge >= 0.3 is 0 Å². The first-order valence-corrected chi connectivity index (χ1v) is 9.67. The van der Waals surface area contributed by atoms with E-state index in [1.807, 2.05) is 32.9 Å². The fourth-order valence-electron chi connectivity index (χ4n) is 4.05. The van der Waals surface area contributed by atoms with Gasteiger partial charge in [-0.1, -0.05) is 43.3 Å². The van der Waals surface area contributed by atoms with Gasteiger partial charge in [0.25, 0.3) is 0 Å². The molecule has 5 nitrogen and oxygen atoms in total. The zero-order valence-electron chi connectivity index (χ0n) is 16.3. The molecule has 0 amide bonds. The molecule has 2 heterocycles. The third-order valence-corrected chi connectivity index (χ3v) is 5.52. The van der Waals surface area contributed by atoms with Crippen LogP contribution >= 0.6 is 0 Å². The molecule has 0 unspecified atom stereocenters. The molecule has 4 rings (SSSR count). The average Bonchev–Trinajstić information content (AvgIpc) is 3.12. The van der Waals surface area contributed by atoms with Crippen LogP contribution in [0.25, 0.3) is 10.8 Å². The van der Waals surface area contributed by atoms with Crippen LogP contribution in [0.2, 0.25) is 0 Å². The third-order valence-electron chi connectivity index (χ3n) is 5.52. The van der Waals surface area contributed by atoms with Gasteiger partial charge in [0.1, 0.15) is 18.3 Å². The molecular weight excluding hydrogens is 344 g/mol. The lowest BCUT2D eigenvalue weighted by molar-refractivity contribution is -0.230. The number of aryl methyl sites for hydroxylation is 1. The summed E-state index contributed by atoms with van der Waals surface area (Å²) in [5.74, 6) is -0.714. The molecule has 0 aliphatic carbocycles. The van der Waals surface area contributed by atoms with Gasteiger partial charge in [0.05, 0.1) is 12.7 Å². The van der Waals surface area contributed by atoms with Gasteiger partial charge < -0.3 is 24.1 Å². The number of hydrogen-bond acceptors (Lipinski definition) is 5. The molecule has 2 aromatic rings. The maximum absolute atomic E-state index is 10.4. The van der Waals surface area contributed by atoms with Crippen LogP contribution < -0.4 is 0 Å². The number of hydrogen-bond donors (Lipinski definition) is 1. The topological polar surface area (TPSA) is 57.2 Å². The Morgan fingerprint density at radius 1 is 1.15 bits per heavy atom. The Hall–Kier alpha value is -1.50. The van der Waals surface area contributed by atoms with Gasteiger partial charge in [0.15, 0.2) is 12.1 Å². The highest BCUT2D eigenvalue weighted by molar-refractivity contribution is 5.86. The third kappa shape index (κ3) is 3.50. The van der Waals surface area contributed by atoms with Crippen molar-refractivity contribution in [1.82, 2.24) is 0 Å². The molecule has 0 bridgehead atoms. The fraction of sp³-hybridized carbons (Fsp3) is 0.545. The first-order chi connectivity index (χ1) is 12.9. The van der Waals surface area contributed by atoms with Gasteiger partial charge in [0.2, 0.25) is 0 Å². The van der Waals surface area contributed by atoms with E-state index in [4.69, 9.17) is 18.9 Å². The zero-order chi connectivity index (χ0) is 19.2. The van der Waals surface area contributed by atoms with E-state index < -0.39 is 24.3 Å². The van der Waals surface area contributed by atoms with Gasteiger partial charge in [-0.3, -0.25) is 0 Å². The fourth-order valence-corrected chi connectivity index (χ4v) is 4.05. The Morgan fingerprint density at radius 2 is 1.93 bits per heavy atom. The van der Waals surface area contributed by atoms with Crippen molar-refractivity contribution in [3.8, 4) is 0 Å². The van der Waals surface area contributed by atoms with E-state index in [9.17, 15) is 5.11 Å². The summed E-state index contributed by atoms with van der Waals surface area (Å²) in [5.41, 5.74) is 2.33. The molecule has 5 heteroatoms. The minimum Gasteiger partial charge on any atom is -0.390 e. The molecule has 2 aromatic carbocycles. The average molecular weight is 372 g/mol. The van der Waals surface area contributed by atoms with Gasteiger partial charge in [-0.2, -0.15) is 0 Å². The second kappa shape index (κ2) is 7.15. The molecule has 27 heavy (non-hydrogen) atoms. The monoisotopic (exact) mass is 372 g/mol. The molecule has 0 radical (unpaired) electrons. The largest absolute Gasteiger partial charge is 0.390 e. The second-order valence-corrected chi connectivity index (χ2v) is 7.90. The standard InChI is InChI=1S/C22H28O5/c1-5-17(23)18-19(20-21(25-18)27-22(3,4)26-20)24-12-16-13(2)10-11-14-8-6-7-9-15(14)16/h6-11,17-21,23H,5,12H2,1-4H3/t17-,18-,19+,20-,21-/m1/s1. The van der Waals surface area contributed by atoms with Gasteiger partial charge in [0, 0.05) is 0 Å². The first kappa shape index (κ1) is 18.8. The smallest absolute Gasteiger partial charge is 0.190 e. The minimum atomic E-state index is -0.714. The molecule has 2 saturated heterocycles. The number of ether oxygens (including phenoxy) is 4. The summed E-state index contributed by atoms with van der Waals surface area (Å²) in [5, 5.41) is 12.8. The van der Waals surface area contributed by atoms with Crippen LogP contribution in [0.3, 0.4) is 0 Å². The van der Waals surface area contributed by atoms with E-state index in [0.717, 1.165) is 5.56 Å². The van der Waals surface area contributed by atoms with Crippen molar-refractivity contribution in [2.24, 2.45) is 0 Å². The summed E-state index contributed by atoms with van der Waals surface area (Å²) in [7, 11) is 0. The van der Waals surface area contributed by atoms with E-state index in [2.05, 4.69) is 31.2 Å². The van der Waals surface area contributed by atoms with Crippen LogP contribution in [0.15, 0.2) is 36.4 Å². The predicted octanol–water partition coefficient (Wildman–Crippen LogP) is 3.68. The summed E-state index contributed by atoms with van der Waals surface area (Å²) in [6, 6.07) is 12.5. The number of aliphatic hydroxyl groups excluding tert-OH is 1. The highest BCUT2D eigenvalue weighted by Crippen LogP contribution is 2.40. The number of rotatable bonds is 5. The van der Waals surface area contributed by atoms with Crippen LogP contribution in [-0.4, -0.2) is 41.6 Å². The summed E-state index contributed by atoms with van der Waals surface area (Å²) < 4.78 is 24.2. The van der Waals surface area contributed by atoms with Crippen LogP contribution in [-0.2, 0) is 25.6 Å². The maximum atomic E-state index is 10.4. The van der Waals surface area contributed by atoms with E-state index >= 15 is 0 Å². The molecule has 146 valence electrons. The highest BCUT2D eigenvalue weighted by Gasteiger charge is 2.56. The molecule has 2 fully saturated rings.